The van der Waals surface area contributed by atoms with Crippen LogP contribution in [0.5, 0.6) is 0 Å². The summed E-state index contributed by atoms with van der Waals surface area (Å²) in [5.41, 5.74) is 8.33. The van der Waals surface area contributed by atoms with Crippen LogP contribution in [0.4, 0.5) is 11.5 Å². The average Bonchev–Trinajstić information content (AvgIpc) is 2.38. The van der Waals surface area contributed by atoms with Crippen LogP contribution in [0.1, 0.15) is 11.1 Å². The lowest BCUT2D eigenvalue weighted by Gasteiger charge is -2.19. The van der Waals surface area contributed by atoms with Gasteiger partial charge in [0.25, 0.3) is 0 Å². The van der Waals surface area contributed by atoms with Crippen LogP contribution in [-0.2, 0) is 0 Å². The number of amidine groups is 1. The second kappa shape index (κ2) is 4.87. The van der Waals surface area contributed by atoms with Gasteiger partial charge in [0.1, 0.15) is 11.7 Å². The van der Waals surface area contributed by atoms with Crippen molar-refractivity contribution in [3.05, 3.63) is 53.7 Å². The smallest absolute Gasteiger partial charge is 0.132 e. The van der Waals surface area contributed by atoms with Crippen LogP contribution in [0.25, 0.3) is 0 Å². The van der Waals surface area contributed by atoms with E-state index in [2.05, 4.69) is 4.98 Å². The molecule has 0 amide bonds. The van der Waals surface area contributed by atoms with Crippen LogP contribution in [0.2, 0.25) is 0 Å². The molecule has 1 aromatic carbocycles. The molecule has 3 N–H and O–H groups in total. The van der Waals surface area contributed by atoms with E-state index in [-0.39, 0.29) is 5.84 Å². The lowest BCUT2D eigenvalue weighted by molar-refractivity contribution is 1.12. The van der Waals surface area contributed by atoms with E-state index in [4.69, 9.17) is 11.1 Å². The van der Waals surface area contributed by atoms with Gasteiger partial charge in [-0.2, -0.15) is 0 Å². The number of nitrogen functional groups attached to an aromatic ring is 1. The van der Waals surface area contributed by atoms with Gasteiger partial charge in [-0.1, -0.05) is 12.1 Å². The molecule has 0 aliphatic carbocycles. The van der Waals surface area contributed by atoms with Gasteiger partial charge in [0, 0.05) is 24.5 Å². The van der Waals surface area contributed by atoms with Crippen LogP contribution in [0.15, 0.2) is 42.6 Å². The maximum absolute atomic E-state index is 7.46. The first-order chi connectivity index (χ1) is 8.58. The van der Waals surface area contributed by atoms with E-state index >= 15 is 0 Å². The van der Waals surface area contributed by atoms with Crippen LogP contribution >= 0.6 is 0 Å². The lowest BCUT2D eigenvalue weighted by Crippen LogP contribution is -2.14. The van der Waals surface area contributed by atoms with Crippen LogP contribution < -0.4 is 10.6 Å². The average molecular weight is 240 g/mol. The van der Waals surface area contributed by atoms with E-state index in [0.29, 0.717) is 5.56 Å². The summed E-state index contributed by atoms with van der Waals surface area (Å²) in [7, 11) is 1.95. The number of nitrogens with two attached hydrogens (primary N) is 1. The highest BCUT2D eigenvalue weighted by molar-refractivity contribution is 5.96. The van der Waals surface area contributed by atoms with Crippen molar-refractivity contribution in [3.63, 3.8) is 0 Å². The van der Waals surface area contributed by atoms with Gasteiger partial charge in [-0.05, 0) is 36.8 Å². The third kappa shape index (κ3) is 2.48. The fraction of sp³-hybridized carbons (Fsp3) is 0.143. The second-order valence-electron chi connectivity index (χ2n) is 4.21. The number of aryl methyl sites for hydroxylation is 1. The molecule has 4 nitrogen and oxygen atoms in total. The molecule has 4 heteroatoms. The van der Waals surface area contributed by atoms with E-state index in [1.807, 2.05) is 55.3 Å². The van der Waals surface area contributed by atoms with Crippen molar-refractivity contribution in [1.29, 1.82) is 5.41 Å². The van der Waals surface area contributed by atoms with Gasteiger partial charge in [-0.15, -0.1) is 0 Å². The number of pyridine rings is 1. The topological polar surface area (TPSA) is 66.0 Å². The Morgan fingerprint density at radius 3 is 2.72 bits per heavy atom. The van der Waals surface area contributed by atoms with E-state index in [1.54, 1.807) is 6.20 Å². The third-order valence-corrected chi connectivity index (χ3v) is 2.79. The molecule has 0 unspecified atom stereocenters. The van der Waals surface area contributed by atoms with Crippen molar-refractivity contribution >= 4 is 17.3 Å². The molecular weight excluding hydrogens is 224 g/mol. The normalized spacial score (nSPS) is 10.1. The molecule has 0 aliphatic rings. The summed E-state index contributed by atoms with van der Waals surface area (Å²) >= 11 is 0. The molecule has 0 saturated carbocycles. The zero-order valence-electron chi connectivity index (χ0n) is 10.5. The van der Waals surface area contributed by atoms with Crippen molar-refractivity contribution in [3.8, 4) is 0 Å². The molecule has 2 rings (SSSR count). The number of nitrogens with zero attached hydrogens (tertiary/aromatic N) is 2. The van der Waals surface area contributed by atoms with Crippen molar-refractivity contribution in [1.82, 2.24) is 4.98 Å². The third-order valence-electron chi connectivity index (χ3n) is 2.79. The SMILES string of the molecule is Cc1ccnc(N(C)c2cccc(C(=N)N)c2)c1. The summed E-state index contributed by atoms with van der Waals surface area (Å²) in [6.45, 7) is 2.03. The number of benzene rings is 1. The number of hydrogen-bond donors (Lipinski definition) is 2. The molecule has 2 aromatic rings. The minimum atomic E-state index is 0.0717. The van der Waals surface area contributed by atoms with Gasteiger partial charge >= 0.3 is 0 Å². The Kier molecular flexibility index (Phi) is 3.28. The summed E-state index contributed by atoms with van der Waals surface area (Å²) in [6.07, 6.45) is 1.79. The predicted molar refractivity (Wildman–Crippen MR) is 74.5 cm³/mol. The minimum Gasteiger partial charge on any atom is -0.384 e. The first-order valence-electron chi connectivity index (χ1n) is 5.69. The molecule has 0 saturated heterocycles. The van der Waals surface area contributed by atoms with Crippen molar-refractivity contribution in [2.75, 3.05) is 11.9 Å². The molecule has 0 aliphatic heterocycles. The predicted octanol–water partition coefficient (Wildman–Crippen LogP) is 2.44. The molecular formula is C14H16N4. The van der Waals surface area contributed by atoms with E-state index < -0.39 is 0 Å². The van der Waals surface area contributed by atoms with Crippen LogP contribution in [-0.4, -0.2) is 17.9 Å². The van der Waals surface area contributed by atoms with Crippen molar-refractivity contribution in [2.45, 2.75) is 6.92 Å². The van der Waals surface area contributed by atoms with Gasteiger partial charge < -0.3 is 10.6 Å². The van der Waals surface area contributed by atoms with E-state index in [9.17, 15) is 0 Å². The quantitative estimate of drug-likeness (QED) is 0.639. The lowest BCUT2D eigenvalue weighted by atomic mass is 10.1. The number of aromatic nitrogens is 1. The Bertz CT molecular complexity index is 578. The standard InChI is InChI=1S/C14H16N4/c1-10-6-7-17-13(8-10)18(2)12-5-3-4-11(9-12)14(15)16/h3-9H,1-2H3,(H3,15,16). The zero-order valence-corrected chi connectivity index (χ0v) is 10.5. The fourth-order valence-electron chi connectivity index (χ4n) is 1.72. The van der Waals surface area contributed by atoms with E-state index in [1.165, 1.54) is 0 Å². The van der Waals surface area contributed by atoms with Crippen LogP contribution in [0.3, 0.4) is 0 Å². The molecule has 0 fully saturated rings. The molecule has 1 aromatic heterocycles. The van der Waals surface area contributed by atoms with Crippen molar-refractivity contribution in [2.24, 2.45) is 5.73 Å². The number of rotatable bonds is 3. The Hall–Kier alpha value is -2.36. The molecule has 92 valence electrons. The summed E-state index contributed by atoms with van der Waals surface area (Å²) < 4.78 is 0. The van der Waals surface area contributed by atoms with Gasteiger partial charge in [0.15, 0.2) is 0 Å². The minimum absolute atomic E-state index is 0.0717. The van der Waals surface area contributed by atoms with Gasteiger partial charge in [0.2, 0.25) is 0 Å². The monoisotopic (exact) mass is 240 g/mol. The Morgan fingerprint density at radius 1 is 1.28 bits per heavy atom. The van der Waals surface area contributed by atoms with Gasteiger partial charge in [-0.25, -0.2) is 4.98 Å². The Morgan fingerprint density at radius 2 is 2.06 bits per heavy atom. The van der Waals surface area contributed by atoms with E-state index in [0.717, 1.165) is 17.1 Å². The number of hydrogen-bond acceptors (Lipinski definition) is 3. The first kappa shape index (κ1) is 12.1. The summed E-state index contributed by atoms with van der Waals surface area (Å²) in [4.78, 5) is 6.30. The zero-order chi connectivity index (χ0) is 13.1. The van der Waals surface area contributed by atoms with Crippen LogP contribution in [0, 0.1) is 12.3 Å². The molecule has 18 heavy (non-hydrogen) atoms. The second-order valence-corrected chi connectivity index (χ2v) is 4.21. The maximum atomic E-state index is 7.46. The Balaban J connectivity index is 2.36. The molecule has 0 bridgehead atoms. The Labute approximate surface area is 107 Å². The van der Waals surface area contributed by atoms with Crippen molar-refractivity contribution < 1.29 is 0 Å². The molecule has 0 radical (unpaired) electrons. The molecule has 1 heterocycles. The highest BCUT2D eigenvalue weighted by Gasteiger charge is 2.06. The highest BCUT2D eigenvalue weighted by atomic mass is 15.2. The summed E-state index contributed by atoms with van der Waals surface area (Å²) in [6, 6.07) is 11.5. The fourth-order valence-corrected chi connectivity index (χ4v) is 1.72. The van der Waals surface area contributed by atoms with Gasteiger partial charge in [0.05, 0.1) is 0 Å². The summed E-state index contributed by atoms with van der Waals surface area (Å²) in [5.74, 6) is 0.943. The van der Waals surface area contributed by atoms with Gasteiger partial charge in [-0.3, -0.25) is 5.41 Å². The summed E-state index contributed by atoms with van der Waals surface area (Å²) in [5, 5.41) is 7.46. The molecule has 0 atom stereocenters. The maximum Gasteiger partial charge on any atom is 0.132 e. The number of nitrogens with one attached hydrogen (secondary N) is 1. The number of anilines is 2. The largest absolute Gasteiger partial charge is 0.384 e. The first-order valence-corrected chi connectivity index (χ1v) is 5.69. The molecule has 0 spiro atoms. The highest BCUT2D eigenvalue weighted by Crippen LogP contribution is 2.22.